The molecule has 2 rings (SSSR count). The van der Waals surface area contributed by atoms with Gasteiger partial charge in [0.2, 0.25) is 0 Å². The first-order valence-electron chi connectivity index (χ1n) is 7.28. The smallest absolute Gasteiger partial charge is 0.124 e. The number of nitrogens with one attached hydrogen (secondary N) is 1. The molecule has 0 radical (unpaired) electrons. The molecule has 1 atom stereocenters. The predicted molar refractivity (Wildman–Crippen MR) is 87.4 cm³/mol. The Morgan fingerprint density at radius 2 is 1.81 bits per heavy atom. The fraction of sp³-hybridized carbons (Fsp3) is 0.333. The maximum absolute atomic E-state index is 13.2. The van der Waals surface area contributed by atoms with E-state index in [0.29, 0.717) is 17.0 Å². The van der Waals surface area contributed by atoms with Gasteiger partial charge in [-0.25, -0.2) is 4.39 Å². The quantitative estimate of drug-likeness (QED) is 0.808. The predicted octanol–water partition coefficient (Wildman–Crippen LogP) is 4.80. The minimum Gasteiger partial charge on any atom is -0.314 e. The standard InChI is InChI=1S/C18H21ClFN/c1-13(2)21-12-16(14-6-4-3-5-7-14)10-15-8-9-17(20)11-18(15)19/h3-9,11,13,16,21H,10,12H2,1-2H3. The first-order valence-corrected chi connectivity index (χ1v) is 7.66. The molecular weight excluding hydrogens is 285 g/mol. The highest BCUT2D eigenvalue weighted by molar-refractivity contribution is 6.31. The van der Waals surface area contributed by atoms with Crippen molar-refractivity contribution in [1.29, 1.82) is 0 Å². The summed E-state index contributed by atoms with van der Waals surface area (Å²) in [6, 6.07) is 15.4. The van der Waals surface area contributed by atoms with Gasteiger partial charge in [0.1, 0.15) is 5.82 Å². The summed E-state index contributed by atoms with van der Waals surface area (Å²) in [5.41, 5.74) is 2.25. The van der Waals surface area contributed by atoms with Crippen LogP contribution in [0.1, 0.15) is 30.9 Å². The topological polar surface area (TPSA) is 12.0 Å². The first kappa shape index (κ1) is 16.0. The van der Waals surface area contributed by atoms with Crippen LogP contribution in [-0.4, -0.2) is 12.6 Å². The largest absolute Gasteiger partial charge is 0.314 e. The summed E-state index contributed by atoms with van der Waals surface area (Å²) in [4.78, 5) is 0. The van der Waals surface area contributed by atoms with Gasteiger partial charge in [0.15, 0.2) is 0 Å². The van der Waals surface area contributed by atoms with Gasteiger partial charge in [-0.15, -0.1) is 0 Å². The number of halogens is 2. The van der Waals surface area contributed by atoms with Crippen molar-refractivity contribution in [2.24, 2.45) is 0 Å². The number of hydrogen-bond donors (Lipinski definition) is 1. The summed E-state index contributed by atoms with van der Waals surface area (Å²) in [5.74, 6) is 0.0249. The molecule has 0 fully saturated rings. The molecule has 3 heteroatoms. The van der Waals surface area contributed by atoms with Crippen LogP contribution in [0.25, 0.3) is 0 Å². The highest BCUT2D eigenvalue weighted by atomic mass is 35.5. The van der Waals surface area contributed by atoms with Crippen molar-refractivity contribution in [3.8, 4) is 0 Å². The second-order valence-corrected chi connectivity index (χ2v) is 6.02. The van der Waals surface area contributed by atoms with Crippen LogP contribution < -0.4 is 5.32 Å². The molecule has 0 aromatic heterocycles. The van der Waals surface area contributed by atoms with Crippen LogP contribution >= 0.6 is 11.6 Å². The number of benzene rings is 2. The lowest BCUT2D eigenvalue weighted by Crippen LogP contribution is -2.29. The summed E-state index contributed by atoms with van der Waals surface area (Å²) < 4.78 is 13.2. The molecule has 1 N–H and O–H groups in total. The van der Waals surface area contributed by atoms with Gasteiger partial charge in [-0.1, -0.05) is 61.8 Å². The average Bonchev–Trinajstić information content (AvgIpc) is 2.46. The summed E-state index contributed by atoms with van der Waals surface area (Å²) in [6.07, 6.45) is 0.794. The van der Waals surface area contributed by atoms with Gasteiger partial charge in [-0.05, 0) is 29.7 Å². The van der Waals surface area contributed by atoms with E-state index in [0.717, 1.165) is 18.5 Å². The second kappa shape index (κ2) is 7.58. The van der Waals surface area contributed by atoms with E-state index < -0.39 is 0 Å². The Labute approximate surface area is 131 Å². The number of hydrogen-bond acceptors (Lipinski definition) is 1. The Kier molecular flexibility index (Phi) is 5.77. The Bertz CT molecular complexity index is 569. The average molecular weight is 306 g/mol. The van der Waals surface area contributed by atoms with Gasteiger partial charge in [0.25, 0.3) is 0 Å². The molecule has 112 valence electrons. The maximum Gasteiger partial charge on any atom is 0.124 e. The molecule has 0 aliphatic carbocycles. The van der Waals surface area contributed by atoms with Gasteiger partial charge in [-0.3, -0.25) is 0 Å². The lowest BCUT2D eigenvalue weighted by molar-refractivity contribution is 0.526. The number of rotatable bonds is 6. The zero-order valence-corrected chi connectivity index (χ0v) is 13.2. The maximum atomic E-state index is 13.2. The molecule has 0 saturated heterocycles. The van der Waals surface area contributed by atoms with E-state index in [2.05, 4.69) is 31.3 Å². The molecule has 0 bridgehead atoms. The molecule has 1 nitrogen and oxygen atoms in total. The summed E-state index contributed by atoms with van der Waals surface area (Å²) in [5, 5.41) is 3.98. The second-order valence-electron chi connectivity index (χ2n) is 5.61. The van der Waals surface area contributed by atoms with E-state index in [4.69, 9.17) is 11.6 Å². The van der Waals surface area contributed by atoms with Crippen LogP contribution in [0.3, 0.4) is 0 Å². The Hall–Kier alpha value is -1.38. The third-order valence-electron chi connectivity index (χ3n) is 3.52. The molecule has 2 aromatic rings. The highest BCUT2D eigenvalue weighted by Gasteiger charge is 2.14. The minimum atomic E-state index is -0.291. The van der Waals surface area contributed by atoms with Crippen molar-refractivity contribution in [2.45, 2.75) is 32.2 Å². The zero-order valence-electron chi connectivity index (χ0n) is 12.4. The molecule has 0 heterocycles. The molecule has 0 aliphatic rings. The van der Waals surface area contributed by atoms with Crippen molar-refractivity contribution in [2.75, 3.05) is 6.54 Å². The normalized spacial score (nSPS) is 12.6. The molecule has 0 aliphatic heterocycles. The Morgan fingerprint density at radius 3 is 2.43 bits per heavy atom. The molecule has 2 aromatic carbocycles. The van der Waals surface area contributed by atoms with Crippen molar-refractivity contribution in [3.05, 3.63) is 70.5 Å². The fourth-order valence-corrected chi connectivity index (χ4v) is 2.61. The molecule has 21 heavy (non-hydrogen) atoms. The summed E-state index contributed by atoms with van der Waals surface area (Å²) >= 11 is 6.16. The van der Waals surface area contributed by atoms with Gasteiger partial charge < -0.3 is 5.32 Å². The van der Waals surface area contributed by atoms with Crippen LogP contribution in [0.5, 0.6) is 0 Å². The van der Waals surface area contributed by atoms with Crippen molar-refractivity contribution >= 4 is 11.6 Å². The molecular formula is C18H21ClFN. The highest BCUT2D eigenvalue weighted by Crippen LogP contribution is 2.25. The van der Waals surface area contributed by atoms with Crippen LogP contribution in [0, 0.1) is 5.82 Å². The molecule has 0 saturated carbocycles. The van der Waals surface area contributed by atoms with Crippen molar-refractivity contribution in [3.63, 3.8) is 0 Å². The van der Waals surface area contributed by atoms with E-state index in [1.807, 2.05) is 18.2 Å². The first-order chi connectivity index (χ1) is 10.1. The van der Waals surface area contributed by atoms with Crippen molar-refractivity contribution < 1.29 is 4.39 Å². The van der Waals surface area contributed by atoms with Crippen molar-refractivity contribution in [1.82, 2.24) is 5.32 Å². The van der Waals surface area contributed by atoms with E-state index in [1.165, 1.54) is 17.7 Å². The zero-order chi connectivity index (χ0) is 15.2. The van der Waals surface area contributed by atoms with Crippen LogP contribution in [-0.2, 0) is 6.42 Å². The van der Waals surface area contributed by atoms with E-state index in [1.54, 1.807) is 6.07 Å². The SMILES string of the molecule is CC(C)NCC(Cc1ccc(F)cc1Cl)c1ccccc1. The molecule has 0 amide bonds. The van der Waals surface area contributed by atoms with Gasteiger partial charge in [0.05, 0.1) is 0 Å². The fourth-order valence-electron chi connectivity index (χ4n) is 2.36. The van der Waals surface area contributed by atoms with Gasteiger partial charge >= 0.3 is 0 Å². The van der Waals surface area contributed by atoms with E-state index in [-0.39, 0.29) is 5.82 Å². The third-order valence-corrected chi connectivity index (χ3v) is 3.88. The molecule has 1 unspecified atom stereocenters. The lowest BCUT2D eigenvalue weighted by Gasteiger charge is -2.20. The Balaban J connectivity index is 2.19. The van der Waals surface area contributed by atoms with Crippen LogP contribution in [0.4, 0.5) is 4.39 Å². The lowest BCUT2D eigenvalue weighted by atomic mass is 9.91. The van der Waals surface area contributed by atoms with E-state index >= 15 is 0 Å². The summed E-state index contributed by atoms with van der Waals surface area (Å²) in [6.45, 7) is 5.13. The van der Waals surface area contributed by atoms with Gasteiger partial charge in [0, 0.05) is 23.5 Å². The monoisotopic (exact) mass is 305 g/mol. The van der Waals surface area contributed by atoms with Crippen LogP contribution in [0.2, 0.25) is 5.02 Å². The van der Waals surface area contributed by atoms with Crippen LogP contribution in [0.15, 0.2) is 48.5 Å². The van der Waals surface area contributed by atoms with E-state index in [9.17, 15) is 4.39 Å². The summed E-state index contributed by atoms with van der Waals surface area (Å²) in [7, 11) is 0. The molecule has 0 spiro atoms. The minimum absolute atomic E-state index is 0.291. The Morgan fingerprint density at radius 1 is 1.10 bits per heavy atom. The third kappa shape index (κ3) is 4.83. The van der Waals surface area contributed by atoms with Gasteiger partial charge in [-0.2, -0.15) is 0 Å².